The number of aliphatic hydroxyl groups excluding tert-OH is 1. The van der Waals surface area contributed by atoms with Crippen molar-refractivity contribution in [3.8, 4) is 17.2 Å². The van der Waals surface area contributed by atoms with Crippen LogP contribution in [0.5, 0.6) is 17.2 Å². The highest BCUT2D eigenvalue weighted by Gasteiger charge is 2.06. The lowest BCUT2D eigenvalue weighted by atomic mass is 10.3. The topological polar surface area (TPSA) is 102 Å². The van der Waals surface area contributed by atoms with Gasteiger partial charge in [0.2, 0.25) is 0 Å². The zero-order valence-electron chi connectivity index (χ0n) is 17.6. The molecule has 3 rings (SSSR count). The first-order valence-corrected chi connectivity index (χ1v) is 11.2. The molecule has 2 aromatic heterocycles. The van der Waals surface area contributed by atoms with Crippen LogP contribution in [0.15, 0.2) is 65.6 Å². The van der Waals surface area contributed by atoms with Crippen molar-refractivity contribution in [3.05, 3.63) is 71.2 Å². The van der Waals surface area contributed by atoms with Gasteiger partial charge in [0.1, 0.15) is 36.6 Å². The fourth-order valence-corrected chi connectivity index (χ4v) is 3.20. The van der Waals surface area contributed by atoms with Crippen LogP contribution in [0.4, 0.5) is 0 Å². The summed E-state index contributed by atoms with van der Waals surface area (Å²) in [4.78, 5) is 15.8. The Balaban J connectivity index is 1.24. The second-order valence-electron chi connectivity index (χ2n) is 6.87. The molecule has 0 aliphatic rings. The van der Waals surface area contributed by atoms with E-state index in [9.17, 15) is 9.90 Å². The fraction of sp³-hybridized carbons (Fsp3) is 0.304. The molecule has 0 saturated heterocycles. The molecule has 1 amide bonds. The molecule has 0 aliphatic heterocycles. The normalized spacial score (nSPS) is 11.5. The third kappa shape index (κ3) is 8.93. The zero-order chi connectivity index (χ0) is 22.4. The van der Waals surface area contributed by atoms with E-state index in [-0.39, 0.29) is 19.1 Å². The average molecular weight is 458 g/mol. The van der Waals surface area contributed by atoms with Crippen LogP contribution in [0, 0.1) is 0 Å². The number of amides is 1. The number of nitrogens with zero attached hydrogens (tertiary/aromatic N) is 1. The van der Waals surface area contributed by atoms with Gasteiger partial charge in [-0.3, -0.25) is 9.78 Å². The maximum atomic E-state index is 11.9. The predicted molar refractivity (Wildman–Crippen MR) is 122 cm³/mol. The smallest absolute Gasteiger partial charge is 0.258 e. The van der Waals surface area contributed by atoms with Gasteiger partial charge < -0.3 is 30.0 Å². The molecule has 0 bridgehead atoms. The van der Waals surface area contributed by atoms with Gasteiger partial charge in [-0.2, -0.15) is 0 Å². The predicted octanol–water partition coefficient (Wildman–Crippen LogP) is 2.25. The van der Waals surface area contributed by atoms with Gasteiger partial charge in [0.15, 0.2) is 6.61 Å². The lowest BCUT2D eigenvalue weighted by molar-refractivity contribution is -0.123. The van der Waals surface area contributed by atoms with E-state index < -0.39 is 6.10 Å². The summed E-state index contributed by atoms with van der Waals surface area (Å²) >= 11 is 1.55. The van der Waals surface area contributed by atoms with Crippen molar-refractivity contribution in [1.82, 2.24) is 15.6 Å². The molecule has 9 heteroatoms. The van der Waals surface area contributed by atoms with Crippen LogP contribution in [-0.2, 0) is 11.3 Å². The van der Waals surface area contributed by atoms with Gasteiger partial charge in [-0.15, -0.1) is 11.3 Å². The molecular weight excluding hydrogens is 430 g/mol. The largest absolute Gasteiger partial charge is 0.492 e. The Kier molecular flexibility index (Phi) is 9.78. The number of pyridine rings is 1. The molecule has 1 atom stereocenters. The highest BCUT2D eigenvalue weighted by molar-refractivity contribution is 7.08. The number of rotatable bonds is 14. The van der Waals surface area contributed by atoms with E-state index in [0.29, 0.717) is 37.7 Å². The summed E-state index contributed by atoms with van der Waals surface area (Å²) in [5.74, 6) is 1.86. The van der Waals surface area contributed by atoms with E-state index >= 15 is 0 Å². The summed E-state index contributed by atoms with van der Waals surface area (Å²) in [5, 5.41) is 19.7. The van der Waals surface area contributed by atoms with Gasteiger partial charge in [0, 0.05) is 37.4 Å². The summed E-state index contributed by atoms with van der Waals surface area (Å²) in [6.07, 6.45) is 2.78. The molecule has 1 aromatic carbocycles. The van der Waals surface area contributed by atoms with Gasteiger partial charge >= 0.3 is 0 Å². The minimum Gasteiger partial charge on any atom is -0.492 e. The number of carbonyl (C=O) groups is 1. The second kappa shape index (κ2) is 13.3. The van der Waals surface area contributed by atoms with E-state index in [1.54, 1.807) is 48.0 Å². The second-order valence-corrected chi connectivity index (χ2v) is 7.65. The molecule has 0 aliphatic carbocycles. The van der Waals surface area contributed by atoms with Crippen LogP contribution in [0.25, 0.3) is 0 Å². The first-order valence-electron chi connectivity index (χ1n) is 10.2. The standard InChI is InChI=1S/C23H27N3O5S/c27-19(15-30-22-7-12-32-17-22)14-25-10-11-29-20-1-3-21(4-2-20)31-16-23(28)26-13-18-5-8-24-9-6-18/h1-9,12,17,19,25,27H,10-11,13-16H2,(H,26,28). The third-order valence-corrected chi connectivity index (χ3v) is 4.96. The van der Waals surface area contributed by atoms with Crippen LogP contribution < -0.4 is 24.8 Å². The van der Waals surface area contributed by atoms with E-state index in [1.807, 2.05) is 29.0 Å². The molecule has 2 heterocycles. The Morgan fingerprint density at radius 1 is 1.00 bits per heavy atom. The van der Waals surface area contributed by atoms with Crippen molar-refractivity contribution < 1.29 is 24.1 Å². The zero-order valence-corrected chi connectivity index (χ0v) is 18.4. The first-order chi connectivity index (χ1) is 15.7. The van der Waals surface area contributed by atoms with Gasteiger partial charge in [-0.25, -0.2) is 0 Å². The number of carbonyl (C=O) groups excluding carboxylic acids is 1. The number of aliphatic hydroxyl groups is 1. The number of hydrogen-bond donors (Lipinski definition) is 3. The van der Waals surface area contributed by atoms with E-state index in [2.05, 4.69) is 15.6 Å². The van der Waals surface area contributed by atoms with Crippen LogP contribution in [0.1, 0.15) is 5.56 Å². The van der Waals surface area contributed by atoms with Gasteiger partial charge in [-0.1, -0.05) is 0 Å². The molecular formula is C23H27N3O5S. The highest BCUT2D eigenvalue weighted by atomic mass is 32.1. The number of benzene rings is 1. The molecule has 170 valence electrons. The van der Waals surface area contributed by atoms with Gasteiger partial charge in [0.25, 0.3) is 5.91 Å². The maximum Gasteiger partial charge on any atom is 0.258 e. The third-order valence-electron chi connectivity index (χ3n) is 4.30. The van der Waals surface area contributed by atoms with Crippen LogP contribution >= 0.6 is 11.3 Å². The van der Waals surface area contributed by atoms with Crippen molar-refractivity contribution in [2.24, 2.45) is 0 Å². The first kappa shape index (κ1) is 23.5. The number of aromatic nitrogens is 1. The average Bonchev–Trinajstić information content (AvgIpc) is 3.35. The van der Waals surface area contributed by atoms with Crippen molar-refractivity contribution in [3.63, 3.8) is 0 Å². The minimum atomic E-state index is -0.590. The summed E-state index contributed by atoms with van der Waals surface area (Å²) in [6.45, 7) is 2.08. The van der Waals surface area contributed by atoms with E-state index in [4.69, 9.17) is 14.2 Å². The monoisotopic (exact) mass is 457 g/mol. The molecule has 0 fully saturated rings. The maximum absolute atomic E-state index is 11.9. The molecule has 3 aromatic rings. The number of nitrogens with one attached hydrogen (secondary N) is 2. The fourth-order valence-electron chi connectivity index (χ4n) is 2.63. The highest BCUT2D eigenvalue weighted by Crippen LogP contribution is 2.17. The van der Waals surface area contributed by atoms with Crippen molar-refractivity contribution in [2.75, 3.05) is 32.9 Å². The van der Waals surface area contributed by atoms with Gasteiger partial charge in [0.05, 0.1) is 0 Å². The summed E-state index contributed by atoms with van der Waals surface area (Å²) in [5.41, 5.74) is 0.977. The molecule has 8 nitrogen and oxygen atoms in total. The SMILES string of the molecule is O=C(COc1ccc(OCCNCC(O)COc2ccsc2)cc1)NCc1ccncc1. The van der Waals surface area contributed by atoms with E-state index in [1.165, 1.54) is 0 Å². The minimum absolute atomic E-state index is 0.0618. The molecule has 0 radical (unpaired) electrons. The Morgan fingerprint density at radius 3 is 2.47 bits per heavy atom. The van der Waals surface area contributed by atoms with Crippen LogP contribution in [0.2, 0.25) is 0 Å². The Morgan fingerprint density at radius 2 is 1.75 bits per heavy atom. The summed E-state index contributed by atoms with van der Waals surface area (Å²) in [6, 6.07) is 12.6. The van der Waals surface area contributed by atoms with Crippen molar-refractivity contribution >= 4 is 17.2 Å². The van der Waals surface area contributed by atoms with Crippen molar-refractivity contribution in [2.45, 2.75) is 12.6 Å². The van der Waals surface area contributed by atoms with Crippen LogP contribution in [-0.4, -0.2) is 55.0 Å². The molecule has 1 unspecified atom stereocenters. The lowest BCUT2D eigenvalue weighted by Gasteiger charge is -2.13. The van der Waals surface area contributed by atoms with Crippen LogP contribution in [0.3, 0.4) is 0 Å². The van der Waals surface area contributed by atoms with E-state index in [0.717, 1.165) is 11.3 Å². The number of thiophene rings is 1. The number of ether oxygens (including phenoxy) is 3. The molecule has 3 N–H and O–H groups in total. The molecule has 32 heavy (non-hydrogen) atoms. The Bertz CT molecular complexity index is 907. The lowest BCUT2D eigenvalue weighted by Crippen LogP contribution is -2.33. The summed E-state index contributed by atoms with van der Waals surface area (Å²) in [7, 11) is 0. The Labute approximate surface area is 191 Å². The van der Waals surface area contributed by atoms with Gasteiger partial charge in [-0.05, 0) is 53.4 Å². The van der Waals surface area contributed by atoms with Crippen molar-refractivity contribution in [1.29, 1.82) is 0 Å². The number of hydrogen-bond acceptors (Lipinski definition) is 8. The Hall–Kier alpha value is -3.14. The summed E-state index contributed by atoms with van der Waals surface area (Å²) < 4.78 is 16.6. The quantitative estimate of drug-likeness (QED) is 0.319. The molecule has 0 spiro atoms. The molecule has 0 saturated carbocycles.